The minimum atomic E-state index is -0.655. The van der Waals surface area contributed by atoms with Gasteiger partial charge in [-0.15, -0.1) is 0 Å². The Labute approximate surface area is 177 Å². The second-order valence-electron chi connectivity index (χ2n) is 7.21. The van der Waals surface area contributed by atoms with Crippen LogP contribution in [0.15, 0.2) is 65.1 Å². The van der Waals surface area contributed by atoms with Crippen LogP contribution in [-0.4, -0.2) is 26.6 Å². The number of imide groups is 1. The number of nitrogens with one attached hydrogen (secondary N) is 2. The number of amides is 3. The van der Waals surface area contributed by atoms with Gasteiger partial charge in [0.05, 0.1) is 18.7 Å². The number of aryl methyl sites for hydroxylation is 1. The standard InChI is InChI=1S/C23H21FN4O3/c1-2-19-17(21(29)28(26-19)13-15-8-4-3-5-9-15)12-20-22(30)27(23(31)25-20)14-16-10-6-7-11-18(16)24/h3-12,26H,2,13-14H2,1H3,(H,25,31)/b20-12-. The summed E-state index contributed by atoms with van der Waals surface area (Å²) < 4.78 is 15.4. The topological polar surface area (TPSA) is 87.2 Å². The van der Waals surface area contributed by atoms with Crippen molar-refractivity contribution in [3.63, 3.8) is 0 Å². The molecule has 0 spiro atoms. The van der Waals surface area contributed by atoms with Crippen LogP contribution in [0, 0.1) is 5.82 Å². The molecule has 0 saturated carbocycles. The highest BCUT2D eigenvalue weighted by Crippen LogP contribution is 2.18. The summed E-state index contributed by atoms with van der Waals surface area (Å²) in [6, 6.07) is 14.8. The molecule has 0 atom stereocenters. The molecule has 1 saturated heterocycles. The molecular weight excluding hydrogens is 399 g/mol. The number of aromatic amines is 1. The maximum Gasteiger partial charge on any atom is 0.329 e. The molecular formula is C23H21FN4O3. The van der Waals surface area contributed by atoms with E-state index in [0.717, 1.165) is 10.5 Å². The molecule has 0 unspecified atom stereocenters. The Hall–Kier alpha value is -3.94. The zero-order chi connectivity index (χ0) is 22.0. The van der Waals surface area contributed by atoms with Gasteiger partial charge in [0.15, 0.2) is 0 Å². The monoisotopic (exact) mass is 420 g/mol. The third-order valence-electron chi connectivity index (χ3n) is 5.14. The average molecular weight is 420 g/mol. The van der Waals surface area contributed by atoms with Gasteiger partial charge in [-0.05, 0) is 24.1 Å². The van der Waals surface area contributed by atoms with Crippen molar-refractivity contribution in [2.75, 3.05) is 0 Å². The number of benzene rings is 2. The molecule has 1 aromatic heterocycles. The second kappa shape index (κ2) is 8.43. The smallest absolute Gasteiger partial charge is 0.303 e. The van der Waals surface area contributed by atoms with E-state index in [-0.39, 0.29) is 23.4 Å². The Morgan fingerprint density at radius 2 is 1.68 bits per heavy atom. The lowest BCUT2D eigenvalue weighted by molar-refractivity contribution is -0.123. The second-order valence-corrected chi connectivity index (χ2v) is 7.21. The number of hydrogen-bond donors (Lipinski definition) is 2. The van der Waals surface area contributed by atoms with E-state index in [1.54, 1.807) is 6.07 Å². The van der Waals surface area contributed by atoms with Crippen LogP contribution in [0.3, 0.4) is 0 Å². The molecule has 1 fully saturated rings. The maximum absolute atomic E-state index is 13.9. The lowest BCUT2D eigenvalue weighted by Gasteiger charge is -2.12. The molecule has 4 rings (SSSR count). The highest BCUT2D eigenvalue weighted by Gasteiger charge is 2.34. The summed E-state index contributed by atoms with van der Waals surface area (Å²) in [7, 11) is 0. The number of urea groups is 1. The van der Waals surface area contributed by atoms with Crippen LogP contribution in [0.1, 0.15) is 29.3 Å². The van der Waals surface area contributed by atoms with E-state index in [9.17, 15) is 18.8 Å². The number of carbonyl (C=O) groups is 2. The summed E-state index contributed by atoms with van der Waals surface area (Å²) in [6.07, 6.45) is 1.93. The van der Waals surface area contributed by atoms with Crippen LogP contribution in [-0.2, 0) is 24.3 Å². The van der Waals surface area contributed by atoms with Crippen LogP contribution < -0.4 is 10.9 Å². The van der Waals surface area contributed by atoms with E-state index >= 15 is 0 Å². The lowest BCUT2D eigenvalue weighted by Crippen LogP contribution is -2.30. The van der Waals surface area contributed by atoms with E-state index in [1.807, 2.05) is 37.3 Å². The highest BCUT2D eigenvalue weighted by atomic mass is 19.1. The zero-order valence-corrected chi connectivity index (χ0v) is 16.9. The number of aromatic nitrogens is 2. The zero-order valence-electron chi connectivity index (χ0n) is 16.9. The number of H-pyrrole nitrogens is 1. The van der Waals surface area contributed by atoms with Gasteiger partial charge in [0.1, 0.15) is 11.5 Å². The molecule has 0 radical (unpaired) electrons. The summed E-state index contributed by atoms with van der Waals surface area (Å²) in [5.41, 5.74) is 1.85. The largest absolute Gasteiger partial charge is 0.329 e. The fourth-order valence-electron chi connectivity index (χ4n) is 3.50. The maximum atomic E-state index is 13.9. The van der Waals surface area contributed by atoms with Crippen molar-refractivity contribution in [1.82, 2.24) is 20.0 Å². The summed E-state index contributed by atoms with van der Waals surface area (Å²) in [5, 5.41) is 5.57. The molecule has 2 N–H and O–H groups in total. The minimum absolute atomic E-state index is 0.0148. The van der Waals surface area contributed by atoms with Crippen LogP contribution in [0.5, 0.6) is 0 Å². The fraction of sp³-hybridized carbons (Fsp3) is 0.174. The van der Waals surface area contributed by atoms with Crippen molar-refractivity contribution in [3.8, 4) is 0 Å². The van der Waals surface area contributed by atoms with Gasteiger partial charge in [-0.2, -0.15) is 0 Å². The molecule has 7 nitrogen and oxygen atoms in total. The Morgan fingerprint density at radius 1 is 0.968 bits per heavy atom. The Morgan fingerprint density at radius 3 is 2.39 bits per heavy atom. The third-order valence-corrected chi connectivity index (χ3v) is 5.14. The van der Waals surface area contributed by atoms with Gasteiger partial charge in [-0.3, -0.25) is 19.6 Å². The molecule has 158 valence electrons. The number of hydrogen-bond acceptors (Lipinski definition) is 3. The number of carbonyl (C=O) groups excluding carboxylic acids is 2. The predicted octanol–water partition coefficient (Wildman–Crippen LogP) is 3.02. The van der Waals surface area contributed by atoms with Gasteiger partial charge in [0.2, 0.25) is 0 Å². The normalized spacial score (nSPS) is 15.0. The van der Waals surface area contributed by atoms with Crippen molar-refractivity contribution in [2.45, 2.75) is 26.4 Å². The highest BCUT2D eigenvalue weighted by molar-refractivity contribution is 6.13. The van der Waals surface area contributed by atoms with E-state index in [1.165, 1.54) is 29.0 Å². The van der Waals surface area contributed by atoms with E-state index in [0.29, 0.717) is 24.2 Å². The van der Waals surface area contributed by atoms with Gasteiger partial charge < -0.3 is 5.32 Å². The molecule has 8 heteroatoms. The fourth-order valence-corrected chi connectivity index (χ4v) is 3.50. The van der Waals surface area contributed by atoms with Crippen LogP contribution in [0.2, 0.25) is 0 Å². The van der Waals surface area contributed by atoms with E-state index in [4.69, 9.17) is 0 Å². The molecule has 0 bridgehead atoms. The first kappa shape index (κ1) is 20.3. The first-order valence-corrected chi connectivity index (χ1v) is 9.91. The first-order chi connectivity index (χ1) is 15.0. The average Bonchev–Trinajstić information content (AvgIpc) is 3.21. The predicted molar refractivity (Wildman–Crippen MR) is 113 cm³/mol. The van der Waals surface area contributed by atoms with Crippen LogP contribution >= 0.6 is 0 Å². The first-order valence-electron chi connectivity index (χ1n) is 9.91. The Kier molecular flexibility index (Phi) is 5.53. The van der Waals surface area contributed by atoms with Gasteiger partial charge >= 0.3 is 6.03 Å². The Bertz CT molecular complexity index is 1230. The van der Waals surface area contributed by atoms with Crippen molar-refractivity contribution in [1.29, 1.82) is 0 Å². The molecule has 31 heavy (non-hydrogen) atoms. The molecule has 2 aromatic carbocycles. The Balaban J connectivity index is 1.62. The number of rotatable bonds is 6. The van der Waals surface area contributed by atoms with Gasteiger partial charge in [-0.25, -0.2) is 13.9 Å². The van der Waals surface area contributed by atoms with Crippen molar-refractivity contribution >= 4 is 18.0 Å². The van der Waals surface area contributed by atoms with Crippen molar-refractivity contribution in [3.05, 3.63) is 98.8 Å². The molecule has 3 amide bonds. The van der Waals surface area contributed by atoms with Crippen LogP contribution in [0.4, 0.5) is 9.18 Å². The van der Waals surface area contributed by atoms with Crippen molar-refractivity contribution < 1.29 is 14.0 Å². The van der Waals surface area contributed by atoms with Gasteiger partial charge in [0, 0.05) is 11.3 Å². The summed E-state index contributed by atoms with van der Waals surface area (Å²) in [6.45, 7) is 2.05. The molecule has 2 heterocycles. The molecule has 0 aliphatic carbocycles. The molecule has 1 aliphatic heterocycles. The van der Waals surface area contributed by atoms with Crippen molar-refractivity contribution in [2.24, 2.45) is 0 Å². The summed E-state index contributed by atoms with van der Waals surface area (Å²) in [5.74, 6) is -1.10. The number of nitrogens with zero attached hydrogens (tertiary/aromatic N) is 2. The number of halogens is 1. The summed E-state index contributed by atoms with van der Waals surface area (Å²) in [4.78, 5) is 39.0. The minimum Gasteiger partial charge on any atom is -0.303 e. The van der Waals surface area contributed by atoms with Gasteiger partial charge in [-0.1, -0.05) is 55.5 Å². The third kappa shape index (κ3) is 4.05. The van der Waals surface area contributed by atoms with E-state index < -0.39 is 17.8 Å². The van der Waals surface area contributed by atoms with E-state index in [2.05, 4.69) is 10.4 Å². The molecule has 1 aliphatic rings. The van der Waals surface area contributed by atoms with Crippen LogP contribution in [0.25, 0.3) is 6.08 Å². The lowest BCUT2D eigenvalue weighted by atomic mass is 10.1. The van der Waals surface area contributed by atoms with Gasteiger partial charge in [0.25, 0.3) is 11.5 Å². The molecule has 3 aromatic rings. The summed E-state index contributed by atoms with van der Waals surface area (Å²) >= 11 is 0. The SMILES string of the molecule is CCc1[nH]n(Cc2ccccc2)c(=O)c1/C=C1\NC(=O)N(Cc2ccccc2F)C1=O. The quantitative estimate of drug-likeness (QED) is 0.475.